The Kier molecular flexibility index (Phi) is 6.01. The van der Waals surface area contributed by atoms with Crippen molar-refractivity contribution in [3.05, 3.63) is 95.1 Å². The Balaban J connectivity index is 1.69. The summed E-state index contributed by atoms with van der Waals surface area (Å²) in [6, 6.07) is 22.3. The number of nitrogens with zero attached hydrogens (tertiary/aromatic N) is 1. The van der Waals surface area contributed by atoms with E-state index in [0.717, 1.165) is 16.7 Å². The van der Waals surface area contributed by atoms with Gasteiger partial charge in [-0.25, -0.2) is 0 Å². The fraction of sp³-hybridized carbons (Fsp3) is 0.222. The molecule has 0 saturated carbocycles. The zero-order valence-corrected chi connectivity index (χ0v) is 19.0. The van der Waals surface area contributed by atoms with Gasteiger partial charge >= 0.3 is 0 Å². The Labute approximate surface area is 193 Å². The third-order valence-electron chi connectivity index (χ3n) is 6.11. The van der Waals surface area contributed by atoms with Crippen LogP contribution in [0.3, 0.4) is 0 Å². The van der Waals surface area contributed by atoms with E-state index in [9.17, 15) is 14.4 Å². The second-order valence-electron chi connectivity index (χ2n) is 8.59. The first-order chi connectivity index (χ1) is 15.8. The molecule has 168 valence electrons. The molecule has 4 rings (SSSR count). The van der Waals surface area contributed by atoms with Crippen molar-refractivity contribution in [3.63, 3.8) is 0 Å². The van der Waals surface area contributed by atoms with E-state index in [1.165, 1.54) is 6.92 Å². The van der Waals surface area contributed by atoms with Crippen molar-refractivity contribution in [1.29, 1.82) is 0 Å². The van der Waals surface area contributed by atoms with Gasteiger partial charge in [0, 0.05) is 36.8 Å². The molecule has 1 heterocycles. The van der Waals surface area contributed by atoms with Gasteiger partial charge in [0.25, 0.3) is 5.91 Å². The highest BCUT2D eigenvalue weighted by Crippen LogP contribution is 2.36. The van der Waals surface area contributed by atoms with E-state index in [0.29, 0.717) is 29.9 Å². The molecule has 0 aliphatic carbocycles. The number of aryl methyl sites for hydroxylation is 1. The molecule has 1 aliphatic heterocycles. The van der Waals surface area contributed by atoms with Crippen LogP contribution in [0.25, 0.3) is 0 Å². The summed E-state index contributed by atoms with van der Waals surface area (Å²) < 4.78 is 0. The molecule has 33 heavy (non-hydrogen) atoms. The highest BCUT2D eigenvalue weighted by atomic mass is 16.2. The minimum atomic E-state index is -1.12. The Morgan fingerprint density at radius 2 is 1.64 bits per heavy atom. The lowest BCUT2D eigenvalue weighted by Gasteiger charge is -2.44. The number of benzene rings is 3. The largest absolute Gasteiger partial charge is 0.350 e. The minimum Gasteiger partial charge on any atom is -0.350 e. The summed E-state index contributed by atoms with van der Waals surface area (Å²) in [7, 11) is 0. The van der Waals surface area contributed by atoms with Gasteiger partial charge in [0.15, 0.2) is 0 Å². The summed E-state index contributed by atoms with van der Waals surface area (Å²) in [5.74, 6) is -0.622. The molecule has 0 bridgehead atoms. The fourth-order valence-corrected chi connectivity index (χ4v) is 4.33. The van der Waals surface area contributed by atoms with Crippen molar-refractivity contribution >= 4 is 29.1 Å². The maximum atomic E-state index is 13.6. The van der Waals surface area contributed by atoms with Crippen molar-refractivity contribution in [3.8, 4) is 0 Å². The van der Waals surface area contributed by atoms with E-state index in [1.807, 2.05) is 49.4 Å². The lowest BCUT2D eigenvalue weighted by atomic mass is 9.82. The van der Waals surface area contributed by atoms with E-state index in [-0.39, 0.29) is 17.7 Å². The Morgan fingerprint density at radius 3 is 2.33 bits per heavy atom. The van der Waals surface area contributed by atoms with Crippen LogP contribution in [0.2, 0.25) is 0 Å². The van der Waals surface area contributed by atoms with E-state index in [2.05, 4.69) is 10.6 Å². The maximum Gasteiger partial charge on any atom is 0.259 e. The predicted molar refractivity (Wildman–Crippen MR) is 129 cm³/mol. The first-order valence-corrected chi connectivity index (χ1v) is 10.9. The van der Waals surface area contributed by atoms with Crippen molar-refractivity contribution < 1.29 is 14.4 Å². The van der Waals surface area contributed by atoms with Gasteiger partial charge in [-0.15, -0.1) is 0 Å². The average molecular weight is 442 g/mol. The second kappa shape index (κ2) is 8.90. The zero-order valence-electron chi connectivity index (χ0n) is 19.0. The van der Waals surface area contributed by atoms with Crippen LogP contribution < -0.4 is 15.5 Å². The van der Waals surface area contributed by atoms with Gasteiger partial charge in [-0.3, -0.25) is 19.3 Å². The summed E-state index contributed by atoms with van der Waals surface area (Å²) in [6.45, 7) is 5.63. The number of fused-ring (bicyclic) bond motifs is 1. The Hall–Kier alpha value is -3.93. The molecular weight excluding hydrogens is 414 g/mol. The first-order valence-electron chi connectivity index (χ1n) is 10.9. The summed E-state index contributed by atoms with van der Waals surface area (Å²) in [6.07, 6.45) is 0.391. The smallest absolute Gasteiger partial charge is 0.259 e. The molecule has 3 aromatic rings. The molecule has 3 amide bonds. The highest BCUT2D eigenvalue weighted by Gasteiger charge is 2.47. The van der Waals surface area contributed by atoms with Crippen LogP contribution in [0.15, 0.2) is 72.8 Å². The third-order valence-corrected chi connectivity index (χ3v) is 6.11. The van der Waals surface area contributed by atoms with Gasteiger partial charge in [0.1, 0.15) is 5.54 Å². The number of rotatable bonds is 5. The van der Waals surface area contributed by atoms with E-state index < -0.39 is 5.54 Å². The molecule has 6 nitrogen and oxygen atoms in total. The van der Waals surface area contributed by atoms with Crippen LogP contribution in [0.5, 0.6) is 0 Å². The standard InChI is InChI=1S/C27H27N3O3/c1-18-8-4-5-10-21(18)17-28-26(33)27(3)16-20-9-6-7-11-24(20)25(32)30(27)23-14-12-22(13-15-23)29-19(2)31/h4-15H,16-17H2,1-3H3,(H,28,33)(H,29,31). The van der Waals surface area contributed by atoms with Crippen LogP contribution in [0, 0.1) is 6.92 Å². The van der Waals surface area contributed by atoms with Crippen LogP contribution in [-0.4, -0.2) is 23.3 Å². The molecule has 0 spiro atoms. The van der Waals surface area contributed by atoms with Gasteiger partial charge in [-0.1, -0.05) is 42.5 Å². The second-order valence-corrected chi connectivity index (χ2v) is 8.59. The number of carbonyl (C=O) groups is 3. The molecule has 1 unspecified atom stereocenters. The number of amides is 3. The summed E-state index contributed by atoms with van der Waals surface area (Å²) in [5.41, 5.74) is 3.67. The third kappa shape index (κ3) is 4.37. The summed E-state index contributed by atoms with van der Waals surface area (Å²) in [5, 5.41) is 5.78. The molecule has 1 atom stereocenters. The van der Waals surface area contributed by atoms with Gasteiger partial charge in [0.05, 0.1) is 0 Å². The predicted octanol–water partition coefficient (Wildman–Crippen LogP) is 4.23. The number of anilines is 2. The molecule has 6 heteroatoms. The summed E-state index contributed by atoms with van der Waals surface area (Å²) >= 11 is 0. The van der Waals surface area contributed by atoms with Crippen molar-refractivity contribution in [2.45, 2.75) is 39.3 Å². The van der Waals surface area contributed by atoms with Gasteiger partial charge in [-0.05, 0) is 60.9 Å². The molecular formula is C27H27N3O3. The minimum absolute atomic E-state index is 0.175. The quantitative estimate of drug-likeness (QED) is 0.622. The lowest BCUT2D eigenvalue weighted by Crippen LogP contribution is -2.63. The van der Waals surface area contributed by atoms with Crippen molar-refractivity contribution in [2.24, 2.45) is 0 Å². The van der Waals surface area contributed by atoms with Crippen LogP contribution >= 0.6 is 0 Å². The molecule has 1 aliphatic rings. The molecule has 2 N–H and O–H groups in total. The van der Waals surface area contributed by atoms with Gasteiger partial charge in [0.2, 0.25) is 11.8 Å². The Morgan fingerprint density at radius 1 is 0.970 bits per heavy atom. The SMILES string of the molecule is CC(=O)Nc1ccc(N2C(=O)c3ccccc3CC2(C)C(=O)NCc2ccccc2C)cc1. The number of carbonyl (C=O) groups excluding carboxylic acids is 3. The highest BCUT2D eigenvalue weighted by molar-refractivity contribution is 6.14. The van der Waals surface area contributed by atoms with Crippen molar-refractivity contribution in [2.75, 3.05) is 10.2 Å². The number of hydrogen-bond donors (Lipinski definition) is 2. The molecule has 0 saturated heterocycles. The average Bonchev–Trinajstić information content (AvgIpc) is 2.79. The number of hydrogen-bond acceptors (Lipinski definition) is 3. The Bertz CT molecular complexity index is 1220. The summed E-state index contributed by atoms with van der Waals surface area (Å²) in [4.78, 5) is 40.1. The van der Waals surface area contributed by atoms with Gasteiger partial charge in [-0.2, -0.15) is 0 Å². The molecule has 0 radical (unpaired) electrons. The molecule has 3 aromatic carbocycles. The lowest BCUT2D eigenvalue weighted by molar-refractivity contribution is -0.126. The normalized spacial score (nSPS) is 17.3. The van der Waals surface area contributed by atoms with E-state index in [1.54, 1.807) is 42.2 Å². The first kappa shape index (κ1) is 22.3. The van der Waals surface area contributed by atoms with E-state index >= 15 is 0 Å². The van der Waals surface area contributed by atoms with Crippen LogP contribution in [0.1, 0.15) is 40.9 Å². The van der Waals surface area contributed by atoms with Crippen LogP contribution in [0.4, 0.5) is 11.4 Å². The topological polar surface area (TPSA) is 78.5 Å². The van der Waals surface area contributed by atoms with E-state index in [4.69, 9.17) is 0 Å². The number of nitrogens with one attached hydrogen (secondary N) is 2. The molecule has 0 aromatic heterocycles. The van der Waals surface area contributed by atoms with Crippen LogP contribution in [-0.2, 0) is 22.6 Å². The molecule has 0 fully saturated rings. The van der Waals surface area contributed by atoms with Gasteiger partial charge < -0.3 is 10.6 Å². The fourth-order valence-electron chi connectivity index (χ4n) is 4.33. The zero-order chi connectivity index (χ0) is 23.6. The van der Waals surface area contributed by atoms with Crippen molar-refractivity contribution in [1.82, 2.24) is 5.32 Å². The monoisotopic (exact) mass is 441 g/mol. The maximum absolute atomic E-state index is 13.6.